The van der Waals surface area contributed by atoms with Crippen LogP contribution in [-0.2, 0) is 16.6 Å². The van der Waals surface area contributed by atoms with Crippen molar-refractivity contribution in [2.45, 2.75) is 56.8 Å². The van der Waals surface area contributed by atoms with E-state index in [1.54, 1.807) is 11.1 Å². The van der Waals surface area contributed by atoms with Gasteiger partial charge in [-0.2, -0.15) is 0 Å². The van der Waals surface area contributed by atoms with Gasteiger partial charge in [-0.05, 0) is 62.6 Å². The number of rotatable bonds is 2. The lowest BCUT2D eigenvalue weighted by molar-refractivity contribution is 0.0625. The van der Waals surface area contributed by atoms with Gasteiger partial charge in [0.1, 0.15) is 11.3 Å². The third-order valence-corrected chi connectivity index (χ3v) is 7.13. The number of fused-ring (bicyclic) bond motifs is 2. The molecule has 8 nitrogen and oxygen atoms in total. The van der Waals surface area contributed by atoms with Crippen LogP contribution in [0.3, 0.4) is 0 Å². The van der Waals surface area contributed by atoms with Crippen molar-refractivity contribution in [2.24, 2.45) is 0 Å². The van der Waals surface area contributed by atoms with E-state index in [4.69, 9.17) is 14.9 Å². The fraction of sp³-hybridized carbons (Fsp3) is 0.565. The average molecular weight is 425 g/mol. The van der Waals surface area contributed by atoms with Crippen LogP contribution in [0.15, 0.2) is 21.5 Å². The van der Waals surface area contributed by atoms with E-state index < -0.39 is 5.63 Å². The number of nitrogen functional groups attached to an aromatic ring is 1. The molecule has 0 radical (unpaired) electrons. The van der Waals surface area contributed by atoms with Gasteiger partial charge in [0.2, 0.25) is 5.95 Å². The molecule has 2 aromatic heterocycles. The molecule has 1 spiro atoms. The molecule has 3 aliphatic rings. The highest BCUT2D eigenvalue weighted by molar-refractivity contribution is 5.95. The minimum atomic E-state index is -0.537. The van der Waals surface area contributed by atoms with Gasteiger partial charge in [-0.15, -0.1) is 0 Å². The molecule has 1 aliphatic carbocycles. The van der Waals surface area contributed by atoms with Crippen molar-refractivity contribution >= 4 is 11.9 Å². The van der Waals surface area contributed by atoms with Crippen LogP contribution in [0.4, 0.5) is 5.95 Å². The zero-order valence-electron chi connectivity index (χ0n) is 17.9. The first-order valence-corrected chi connectivity index (χ1v) is 11.1. The number of hydrogen-bond acceptors (Lipinski definition) is 7. The standard InChI is InChI=1S/C23H28N4O4/c1-14-11-17(15-4-9-30-10-5-15)31-21(29)18(14)20(28)27-8-2-6-23(13-27)7-3-16-12-25-22(24)26-19(16)23/h11-12,15H,2-10,13H2,1H3,(H2,24,25,26). The fourth-order valence-corrected chi connectivity index (χ4v) is 5.49. The van der Waals surface area contributed by atoms with E-state index in [0.29, 0.717) is 37.6 Å². The summed E-state index contributed by atoms with van der Waals surface area (Å²) in [6.45, 7) is 4.32. The number of carbonyl (C=O) groups is 1. The zero-order chi connectivity index (χ0) is 21.6. The van der Waals surface area contributed by atoms with Crippen molar-refractivity contribution in [2.75, 3.05) is 32.0 Å². The highest BCUT2D eigenvalue weighted by Crippen LogP contribution is 2.44. The summed E-state index contributed by atoms with van der Waals surface area (Å²) in [6, 6.07) is 1.86. The quantitative estimate of drug-likeness (QED) is 0.787. The van der Waals surface area contributed by atoms with Crippen molar-refractivity contribution in [3.05, 3.63) is 50.8 Å². The van der Waals surface area contributed by atoms with Crippen molar-refractivity contribution in [1.29, 1.82) is 0 Å². The zero-order valence-corrected chi connectivity index (χ0v) is 17.9. The molecule has 0 bridgehead atoms. The molecule has 2 saturated heterocycles. The van der Waals surface area contributed by atoms with E-state index in [9.17, 15) is 9.59 Å². The number of nitrogens with two attached hydrogens (primary N) is 1. The molecule has 2 aromatic rings. The van der Waals surface area contributed by atoms with Crippen molar-refractivity contribution in [3.63, 3.8) is 0 Å². The summed E-state index contributed by atoms with van der Waals surface area (Å²) >= 11 is 0. The first-order chi connectivity index (χ1) is 15.0. The Hall–Kier alpha value is -2.74. The monoisotopic (exact) mass is 424 g/mol. The molecule has 1 atom stereocenters. The SMILES string of the molecule is Cc1cc(C2CCOCC2)oc(=O)c1C(=O)N1CCCC2(CCc3cnc(N)nc32)C1. The third kappa shape index (κ3) is 3.52. The van der Waals surface area contributed by atoms with Crippen LogP contribution in [0.25, 0.3) is 0 Å². The summed E-state index contributed by atoms with van der Waals surface area (Å²) < 4.78 is 11.0. The Labute approximate surface area is 180 Å². The molecular formula is C23H28N4O4. The minimum Gasteiger partial charge on any atom is -0.427 e. The van der Waals surface area contributed by atoms with E-state index >= 15 is 0 Å². The fourth-order valence-electron chi connectivity index (χ4n) is 5.49. The number of carbonyl (C=O) groups excluding carboxylic acids is 1. The number of hydrogen-bond donors (Lipinski definition) is 1. The normalized spacial score (nSPS) is 23.8. The van der Waals surface area contributed by atoms with Gasteiger partial charge in [-0.3, -0.25) is 4.79 Å². The molecule has 31 heavy (non-hydrogen) atoms. The molecule has 5 rings (SSSR count). The predicted octanol–water partition coefficient (Wildman–Crippen LogP) is 2.33. The lowest BCUT2D eigenvalue weighted by atomic mass is 9.77. The second-order valence-electron chi connectivity index (χ2n) is 9.09. The number of anilines is 1. The van der Waals surface area contributed by atoms with E-state index in [1.165, 1.54) is 0 Å². The number of nitrogens with zero attached hydrogens (tertiary/aromatic N) is 3. The number of aromatic nitrogens is 2. The van der Waals surface area contributed by atoms with E-state index in [2.05, 4.69) is 9.97 Å². The molecule has 4 heterocycles. The van der Waals surface area contributed by atoms with E-state index in [-0.39, 0.29) is 28.8 Å². The van der Waals surface area contributed by atoms with Gasteiger partial charge in [0.25, 0.3) is 5.91 Å². The average Bonchev–Trinajstić information content (AvgIpc) is 3.10. The second-order valence-corrected chi connectivity index (χ2v) is 9.09. The molecule has 8 heteroatoms. The molecule has 0 aromatic carbocycles. The Morgan fingerprint density at radius 1 is 1.29 bits per heavy atom. The van der Waals surface area contributed by atoms with Gasteiger partial charge in [-0.25, -0.2) is 14.8 Å². The van der Waals surface area contributed by atoms with Crippen LogP contribution in [0.1, 0.15) is 71.0 Å². The Morgan fingerprint density at radius 2 is 2.10 bits per heavy atom. The van der Waals surface area contributed by atoms with Gasteiger partial charge in [-0.1, -0.05) is 0 Å². The van der Waals surface area contributed by atoms with Crippen LogP contribution >= 0.6 is 0 Å². The van der Waals surface area contributed by atoms with Crippen LogP contribution in [0, 0.1) is 6.92 Å². The number of piperidine rings is 1. The Bertz CT molecular complexity index is 1070. The van der Waals surface area contributed by atoms with E-state index in [1.807, 2.05) is 13.0 Å². The molecular weight excluding hydrogens is 396 g/mol. The van der Waals surface area contributed by atoms with Gasteiger partial charge < -0.3 is 19.8 Å². The van der Waals surface area contributed by atoms with Crippen molar-refractivity contribution in [1.82, 2.24) is 14.9 Å². The number of amides is 1. The minimum absolute atomic E-state index is 0.147. The summed E-state index contributed by atoms with van der Waals surface area (Å²) in [6.07, 6.45) is 7.08. The summed E-state index contributed by atoms with van der Waals surface area (Å²) in [5.74, 6) is 0.847. The molecule has 0 saturated carbocycles. The second kappa shape index (κ2) is 7.75. The Balaban J connectivity index is 1.42. The summed E-state index contributed by atoms with van der Waals surface area (Å²) in [5.41, 5.74) is 8.02. The van der Waals surface area contributed by atoms with Gasteiger partial charge >= 0.3 is 5.63 Å². The number of ether oxygens (including phenoxy) is 1. The highest BCUT2D eigenvalue weighted by Gasteiger charge is 2.45. The van der Waals surface area contributed by atoms with Crippen molar-refractivity contribution < 1.29 is 13.9 Å². The van der Waals surface area contributed by atoms with Crippen LogP contribution < -0.4 is 11.4 Å². The maximum atomic E-state index is 13.4. The van der Waals surface area contributed by atoms with Crippen molar-refractivity contribution in [3.8, 4) is 0 Å². The molecule has 1 unspecified atom stereocenters. The maximum Gasteiger partial charge on any atom is 0.349 e. The molecule has 2 fully saturated rings. The van der Waals surface area contributed by atoms with E-state index in [0.717, 1.165) is 49.8 Å². The molecule has 2 N–H and O–H groups in total. The molecule has 164 valence electrons. The summed E-state index contributed by atoms with van der Waals surface area (Å²) in [7, 11) is 0. The highest BCUT2D eigenvalue weighted by atomic mass is 16.5. The van der Waals surface area contributed by atoms with Crippen LogP contribution in [0.5, 0.6) is 0 Å². The first-order valence-electron chi connectivity index (χ1n) is 11.1. The maximum absolute atomic E-state index is 13.4. The van der Waals surface area contributed by atoms with Gasteiger partial charge in [0, 0.05) is 43.8 Å². The third-order valence-electron chi connectivity index (χ3n) is 7.13. The van der Waals surface area contributed by atoms with Gasteiger partial charge in [0.15, 0.2) is 0 Å². The summed E-state index contributed by atoms with van der Waals surface area (Å²) in [5, 5.41) is 0. The smallest absolute Gasteiger partial charge is 0.349 e. The lowest BCUT2D eigenvalue weighted by Gasteiger charge is -2.40. The number of aryl methyl sites for hydroxylation is 2. The van der Waals surface area contributed by atoms with Crippen LogP contribution in [-0.4, -0.2) is 47.1 Å². The molecule has 2 aliphatic heterocycles. The topological polar surface area (TPSA) is 112 Å². The number of likely N-dealkylation sites (tertiary alicyclic amines) is 1. The van der Waals surface area contributed by atoms with Crippen LogP contribution in [0.2, 0.25) is 0 Å². The Kier molecular flexibility index (Phi) is 5.04. The molecule has 1 amide bonds. The first kappa shape index (κ1) is 20.2. The van der Waals surface area contributed by atoms with Gasteiger partial charge in [0.05, 0.1) is 5.69 Å². The predicted molar refractivity (Wildman–Crippen MR) is 114 cm³/mol. The summed E-state index contributed by atoms with van der Waals surface area (Å²) in [4.78, 5) is 36.8. The lowest BCUT2D eigenvalue weighted by Crippen LogP contribution is -2.49. The Morgan fingerprint density at radius 3 is 2.87 bits per heavy atom. The largest absolute Gasteiger partial charge is 0.427 e.